The average Bonchev–Trinajstić information content (AvgIpc) is 2.46. The number of morpholine rings is 1. The van der Waals surface area contributed by atoms with E-state index in [1.807, 2.05) is 30.3 Å². The Hall–Kier alpha value is -1.88. The van der Waals surface area contributed by atoms with E-state index in [-0.39, 0.29) is 24.9 Å². The molecule has 1 saturated heterocycles. The van der Waals surface area contributed by atoms with Crippen molar-refractivity contribution in [1.82, 2.24) is 4.90 Å². The molecule has 0 saturated carbocycles. The first-order valence-corrected chi connectivity index (χ1v) is 6.80. The highest BCUT2D eigenvalue weighted by molar-refractivity contribution is 5.80. The fraction of sp³-hybridized carbons (Fsp3) is 0.467. The number of nitrogens with zero attached hydrogens (tertiary/aromatic N) is 1. The molecule has 2 rings (SSSR count). The zero-order valence-corrected chi connectivity index (χ0v) is 11.3. The van der Waals surface area contributed by atoms with Gasteiger partial charge in [-0.15, -0.1) is 0 Å². The molecule has 1 aromatic rings. The van der Waals surface area contributed by atoms with E-state index in [1.54, 1.807) is 4.90 Å². The van der Waals surface area contributed by atoms with Gasteiger partial charge in [0.2, 0.25) is 5.91 Å². The lowest BCUT2D eigenvalue weighted by Gasteiger charge is -2.33. The van der Waals surface area contributed by atoms with Gasteiger partial charge in [-0.25, -0.2) is 0 Å². The van der Waals surface area contributed by atoms with Gasteiger partial charge in [-0.2, -0.15) is 0 Å². The largest absolute Gasteiger partial charge is 0.481 e. The standard InChI is InChI=1S/C15H19NO4/c17-14(6-7-15(18)19)16-8-9-20-13(11-16)10-12-4-2-1-3-5-12/h1-5,13H,6-11H2,(H,18,19). The van der Waals surface area contributed by atoms with Crippen LogP contribution in [0.25, 0.3) is 0 Å². The Bertz CT molecular complexity index is 460. The SMILES string of the molecule is O=C(O)CCC(=O)N1CCOC(Cc2ccccc2)C1. The van der Waals surface area contributed by atoms with Crippen LogP contribution < -0.4 is 0 Å². The molecule has 108 valence electrons. The third kappa shape index (κ3) is 4.35. The molecule has 5 heteroatoms. The molecular weight excluding hydrogens is 258 g/mol. The Morgan fingerprint density at radius 2 is 2.00 bits per heavy atom. The third-order valence-electron chi connectivity index (χ3n) is 3.35. The van der Waals surface area contributed by atoms with Crippen molar-refractivity contribution >= 4 is 11.9 Å². The first-order chi connectivity index (χ1) is 9.65. The van der Waals surface area contributed by atoms with E-state index in [9.17, 15) is 9.59 Å². The lowest BCUT2D eigenvalue weighted by molar-refractivity contribution is -0.144. The molecule has 20 heavy (non-hydrogen) atoms. The predicted molar refractivity (Wildman–Crippen MR) is 73.3 cm³/mol. The van der Waals surface area contributed by atoms with Crippen molar-refractivity contribution in [3.8, 4) is 0 Å². The minimum Gasteiger partial charge on any atom is -0.481 e. The van der Waals surface area contributed by atoms with Crippen LogP contribution in [0.2, 0.25) is 0 Å². The number of carbonyl (C=O) groups is 2. The van der Waals surface area contributed by atoms with E-state index in [4.69, 9.17) is 9.84 Å². The van der Waals surface area contributed by atoms with Gasteiger partial charge in [0.15, 0.2) is 0 Å². The summed E-state index contributed by atoms with van der Waals surface area (Å²) in [5, 5.41) is 8.61. The molecule has 0 aromatic heterocycles. The molecule has 1 unspecified atom stereocenters. The molecule has 1 aromatic carbocycles. The number of hydrogen-bond donors (Lipinski definition) is 1. The lowest BCUT2D eigenvalue weighted by atomic mass is 10.1. The summed E-state index contributed by atoms with van der Waals surface area (Å²) in [5.74, 6) is -1.04. The fourth-order valence-corrected chi connectivity index (χ4v) is 2.32. The van der Waals surface area contributed by atoms with Gasteiger partial charge in [-0.3, -0.25) is 9.59 Å². The monoisotopic (exact) mass is 277 g/mol. The third-order valence-corrected chi connectivity index (χ3v) is 3.35. The number of rotatable bonds is 5. The molecule has 0 aliphatic carbocycles. The number of carbonyl (C=O) groups excluding carboxylic acids is 1. The summed E-state index contributed by atoms with van der Waals surface area (Å²) in [4.78, 5) is 24.1. The first kappa shape index (κ1) is 14.5. The van der Waals surface area contributed by atoms with Crippen molar-refractivity contribution in [2.24, 2.45) is 0 Å². The Morgan fingerprint density at radius 3 is 2.70 bits per heavy atom. The second-order valence-corrected chi connectivity index (χ2v) is 4.92. The predicted octanol–water partition coefficient (Wildman–Crippen LogP) is 1.32. The molecule has 1 aliphatic heterocycles. The number of benzene rings is 1. The smallest absolute Gasteiger partial charge is 0.303 e. The maximum absolute atomic E-state index is 11.9. The summed E-state index contributed by atoms with van der Waals surface area (Å²) in [6.07, 6.45) is 0.705. The molecule has 5 nitrogen and oxygen atoms in total. The molecule has 1 N–H and O–H groups in total. The zero-order valence-electron chi connectivity index (χ0n) is 11.3. The van der Waals surface area contributed by atoms with Crippen LogP contribution in [0.15, 0.2) is 30.3 Å². The zero-order chi connectivity index (χ0) is 14.4. The minimum absolute atomic E-state index is 0.0140. The van der Waals surface area contributed by atoms with Gasteiger partial charge in [0.25, 0.3) is 0 Å². The molecule has 1 atom stereocenters. The first-order valence-electron chi connectivity index (χ1n) is 6.80. The van der Waals surface area contributed by atoms with Crippen molar-refractivity contribution in [3.63, 3.8) is 0 Å². The van der Waals surface area contributed by atoms with E-state index in [1.165, 1.54) is 5.56 Å². The Labute approximate surface area is 118 Å². The van der Waals surface area contributed by atoms with Crippen molar-refractivity contribution in [2.75, 3.05) is 19.7 Å². The van der Waals surface area contributed by atoms with E-state index < -0.39 is 5.97 Å². The van der Waals surface area contributed by atoms with Gasteiger partial charge in [0.1, 0.15) is 0 Å². The van der Waals surface area contributed by atoms with E-state index in [2.05, 4.69) is 0 Å². The molecule has 0 radical (unpaired) electrons. The quantitative estimate of drug-likeness (QED) is 0.881. The molecule has 0 spiro atoms. The Kier molecular flexibility index (Phi) is 5.12. The van der Waals surface area contributed by atoms with Crippen LogP contribution in [0.3, 0.4) is 0 Å². The fourth-order valence-electron chi connectivity index (χ4n) is 2.32. The molecular formula is C15H19NO4. The van der Waals surface area contributed by atoms with Crippen LogP contribution in [0.4, 0.5) is 0 Å². The maximum Gasteiger partial charge on any atom is 0.303 e. The van der Waals surface area contributed by atoms with Gasteiger partial charge in [-0.05, 0) is 5.56 Å². The van der Waals surface area contributed by atoms with Crippen LogP contribution in [0.1, 0.15) is 18.4 Å². The van der Waals surface area contributed by atoms with Gasteiger partial charge >= 0.3 is 5.97 Å². The summed E-state index contributed by atoms with van der Waals surface area (Å²) in [7, 11) is 0. The second kappa shape index (κ2) is 7.05. The van der Waals surface area contributed by atoms with E-state index >= 15 is 0 Å². The highest BCUT2D eigenvalue weighted by Crippen LogP contribution is 2.13. The highest BCUT2D eigenvalue weighted by Gasteiger charge is 2.24. The summed E-state index contributed by atoms with van der Waals surface area (Å²) in [6, 6.07) is 10.00. The lowest BCUT2D eigenvalue weighted by Crippen LogP contribution is -2.46. The van der Waals surface area contributed by atoms with Crippen molar-refractivity contribution in [3.05, 3.63) is 35.9 Å². The van der Waals surface area contributed by atoms with Gasteiger partial charge in [-0.1, -0.05) is 30.3 Å². The molecule has 1 fully saturated rings. The molecule has 1 heterocycles. The molecule has 0 bridgehead atoms. The number of carboxylic acids is 1. The van der Waals surface area contributed by atoms with Crippen LogP contribution in [0, 0.1) is 0 Å². The maximum atomic E-state index is 11.9. The summed E-state index contributed by atoms with van der Waals surface area (Å²) in [6.45, 7) is 1.59. The number of carboxylic acid groups (broad SMARTS) is 1. The summed E-state index contributed by atoms with van der Waals surface area (Å²) in [5.41, 5.74) is 1.18. The van der Waals surface area contributed by atoms with Crippen LogP contribution >= 0.6 is 0 Å². The topological polar surface area (TPSA) is 66.8 Å². The number of amides is 1. The average molecular weight is 277 g/mol. The second-order valence-electron chi connectivity index (χ2n) is 4.92. The van der Waals surface area contributed by atoms with Crippen molar-refractivity contribution in [1.29, 1.82) is 0 Å². The van der Waals surface area contributed by atoms with Crippen LogP contribution in [-0.2, 0) is 20.7 Å². The van der Waals surface area contributed by atoms with Crippen LogP contribution in [0.5, 0.6) is 0 Å². The van der Waals surface area contributed by atoms with Gasteiger partial charge < -0.3 is 14.7 Å². The van der Waals surface area contributed by atoms with Crippen LogP contribution in [-0.4, -0.2) is 47.7 Å². The minimum atomic E-state index is -0.938. The summed E-state index contributed by atoms with van der Waals surface area (Å²) < 4.78 is 5.68. The molecule has 1 amide bonds. The number of hydrogen-bond acceptors (Lipinski definition) is 3. The highest BCUT2D eigenvalue weighted by atomic mass is 16.5. The van der Waals surface area contributed by atoms with Crippen molar-refractivity contribution < 1.29 is 19.4 Å². The van der Waals surface area contributed by atoms with Crippen molar-refractivity contribution in [2.45, 2.75) is 25.4 Å². The van der Waals surface area contributed by atoms with Gasteiger partial charge in [0.05, 0.1) is 19.1 Å². The normalized spacial score (nSPS) is 18.8. The number of aliphatic carboxylic acids is 1. The Balaban J connectivity index is 1.85. The van der Waals surface area contributed by atoms with E-state index in [0.717, 1.165) is 6.42 Å². The molecule has 1 aliphatic rings. The Morgan fingerprint density at radius 1 is 1.25 bits per heavy atom. The van der Waals surface area contributed by atoms with E-state index in [0.29, 0.717) is 19.7 Å². The number of ether oxygens (including phenoxy) is 1. The van der Waals surface area contributed by atoms with Gasteiger partial charge in [0, 0.05) is 25.9 Å². The summed E-state index contributed by atoms with van der Waals surface area (Å²) >= 11 is 0.